The quantitative estimate of drug-likeness (QED) is 0.524. The summed E-state index contributed by atoms with van der Waals surface area (Å²) >= 11 is 0. The number of anilines is 2. The molecule has 4 heterocycles. The highest BCUT2D eigenvalue weighted by molar-refractivity contribution is 7.90. The second-order valence-corrected chi connectivity index (χ2v) is 13.2. The Morgan fingerprint density at radius 3 is 2.64 bits per heavy atom. The lowest BCUT2D eigenvalue weighted by molar-refractivity contribution is 0.186. The maximum Gasteiger partial charge on any atom is 0.175 e. The van der Waals surface area contributed by atoms with Crippen LogP contribution in [0.25, 0.3) is 0 Å². The Morgan fingerprint density at radius 2 is 1.87 bits per heavy atom. The molecule has 0 bridgehead atoms. The van der Waals surface area contributed by atoms with Gasteiger partial charge in [-0.1, -0.05) is 18.2 Å². The van der Waals surface area contributed by atoms with Crippen LogP contribution >= 0.6 is 0 Å². The van der Waals surface area contributed by atoms with Crippen LogP contribution < -0.4 is 15.5 Å². The average molecular weight is 547 g/mol. The van der Waals surface area contributed by atoms with Gasteiger partial charge in [-0.2, -0.15) is 0 Å². The Bertz CT molecular complexity index is 1630. The number of benzene rings is 2. The van der Waals surface area contributed by atoms with Crippen molar-refractivity contribution in [2.24, 2.45) is 16.1 Å². The predicted molar refractivity (Wildman–Crippen MR) is 148 cm³/mol. The Kier molecular flexibility index (Phi) is 5.58. The van der Waals surface area contributed by atoms with Gasteiger partial charge in [-0.25, -0.2) is 22.8 Å². The van der Waals surface area contributed by atoms with Crippen LogP contribution in [0.15, 0.2) is 52.5 Å². The van der Waals surface area contributed by atoms with E-state index in [1.165, 1.54) is 12.3 Å². The van der Waals surface area contributed by atoms with Crippen molar-refractivity contribution < 1.29 is 12.8 Å². The van der Waals surface area contributed by atoms with Gasteiger partial charge in [0.2, 0.25) is 0 Å². The van der Waals surface area contributed by atoms with E-state index in [0.29, 0.717) is 17.9 Å². The molecule has 2 N–H and O–H groups in total. The number of nitrogens with zero attached hydrogens (tertiary/aromatic N) is 5. The summed E-state index contributed by atoms with van der Waals surface area (Å²) in [6.07, 6.45) is 7.07. The lowest BCUT2D eigenvalue weighted by atomic mass is 9.73. The summed E-state index contributed by atoms with van der Waals surface area (Å²) in [4.78, 5) is 19.3. The number of aromatic nitrogens is 2. The number of halogens is 1. The van der Waals surface area contributed by atoms with Crippen molar-refractivity contribution in [3.05, 3.63) is 76.5 Å². The summed E-state index contributed by atoms with van der Waals surface area (Å²) in [5, 5.41) is 0. The minimum atomic E-state index is -3.33. The van der Waals surface area contributed by atoms with Crippen LogP contribution in [0.5, 0.6) is 0 Å². The van der Waals surface area contributed by atoms with Gasteiger partial charge >= 0.3 is 0 Å². The maximum absolute atomic E-state index is 14.5. The number of aliphatic imine (C=N–C) groups is 1. The molecule has 3 aliphatic heterocycles. The molecule has 2 aromatic carbocycles. The van der Waals surface area contributed by atoms with Gasteiger partial charge in [-0.15, -0.1) is 0 Å². The summed E-state index contributed by atoms with van der Waals surface area (Å²) in [5.74, 6) is 1.44. The number of piperidine rings is 1. The summed E-state index contributed by atoms with van der Waals surface area (Å²) in [6.45, 7) is 2.77. The van der Waals surface area contributed by atoms with E-state index in [9.17, 15) is 12.8 Å². The molecule has 0 radical (unpaired) electrons. The van der Waals surface area contributed by atoms with Crippen LogP contribution in [-0.2, 0) is 29.2 Å². The molecular formula is C29H31FN6O2S. The van der Waals surface area contributed by atoms with Crippen molar-refractivity contribution in [2.75, 3.05) is 35.7 Å². The topological polar surface area (TPSA) is 105 Å². The smallest absolute Gasteiger partial charge is 0.175 e. The first-order valence-corrected chi connectivity index (χ1v) is 15.4. The minimum Gasteiger partial charge on any atom is -0.355 e. The molecule has 8 nitrogen and oxygen atoms in total. The molecule has 1 atom stereocenters. The first kappa shape index (κ1) is 24.7. The van der Waals surface area contributed by atoms with Gasteiger partial charge in [-0.05, 0) is 72.4 Å². The van der Waals surface area contributed by atoms with Crippen LogP contribution in [0.4, 0.5) is 15.9 Å². The van der Waals surface area contributed by atoms with Crippen molar-refractivity contribution in [2.45, 2.75) is 49.6 Å². The molecule has 1 saturated heterocycles. The molecule has 1 spiro atoms. The number of sulfone groups is 1. The number of amidine groups is 1. The number of rotatable bonds is 2. The molecule has 7 rings (SSSR count). The molecule has 202 valence electrons. The highest BCUT2D eigenvalue weighted by Gasteiger charge is 2.47. The van der Waals surface area contributed by atoms with E-state index in [2.05, 4.69) is 9.80 Å². The fourth-order valence-electron chi connectivity index (χ4n) is 6.98. The summed E-state index contributed by atoms with van der Waals surface area (Å²) < 4.78 is 39.2. The zero-order chi connectivity index (χ0) is 26.9. The third-order valence-electron chi connectivity index (χ3n) is 9.05. The van der Waals surface area contributed by atoms with Gasteiger partial charge < -0.3 is 15.5 Å². The second kappa shape index (κ2) is 8.82. The molecule has 39 heavy (non-hydrogen) atoms. The largest absolute Gasteiger partial charge is 0.355 e. The molecule has 0 amide bonds. The lowest BCUT2D eigenvalue weighted by Gasteiger charge is -2.42. The Balaban J connectivity index is 1.11. The van der Waals surface area contributed by atoms with Gasteiger partial charge in [0, 0.05) is 37.6 Å². The first-order valence-electron chi connectivity index (χ1n) is 13.5. The molecule has 4 aliphatic rings. The monoisotopic (exact) mass is 546 g/mol. The van der Waals surface area contributed by atoms with Crippen LogP contribution in [0, 0.1) is 11.2 Å². The van der Waals surface area contributed by atoms with Crippen LogP contribution in [0.3, 0.4) is 0 Å². The van der Waals surface area contributed by atoms with E-state index in [0.717, 1.165) is 90.7 Å². The Labute approximate surface area is 227 Å². The fourth-order valence-corrected chi connectivity index (χ4v) is 7.96. The third kappa shape index (κ3) is 3.87. The number of nitrogens with two attached hydrogens (primary N) is 1. The van der Waals surface area contributed by atoms with Crippen molar-refractivity contribution in [3.8, 4) is 0 Å². The maximum atomic E-state index is 14.5. The van der Waals surface area contributed by atoms with Crippen molar-refractivity contribution in [1.29, 1.82) is 0 Å². The van der Waals surface area contributed by atoms with Crippen LogP contribution in [0.2, 0.25) is 0 Å². The Morgan fingerprint density at radius 1 is 1.08 bits per heavy atom. The molecule has 1 aromatic heterocycles. The van der Waals surface area contributed by atoms with Crippen molar-refractivity contribution in [3.63, 3.8) is 0 Å². The van der Waals surface area contributed by atoms with E-state index in [1.807, 2.05) is 18.3 Å². The molecular weight excluding hydrogens is 515 g/mol. The highest BCUT2D eigenvalue weighted by Crippen LogP contribution is 2.51. The summed E-state index contributed by atoms with van der Waals surface area (Å²) in [7, 11) is -3.33. The van der Waals surface area contributed by atoms with Gasteiger partial charge in [0.15, 0.2) is 15.7 Å². The Hall–Kier alpha value is -3.37. The normalized spacial score (nSPS) is 21.5. The lowest BCUT2D eigenvalue weighted by Crippen LogP contribution is -2.44. The van der Waals surface area contributed by atoms with Gasteiger partial charge in [0.25, 0.3) is 0 Å². The molecule has 10 heteroatoms. The minimum absolute atomic E-state index is 0.117. The average Bonchev–Trinajstić information content (AvgIpc) is 3.47. The second-order valence-electron chi connectivity index (χ2n) is 11.3. The number of fused-ring (bicyclic) bond motifs is 3. The van der Waals surface area contributed by atoms with E-state index in [4.69, 9.17) is 20.7 Å². The van der Waals surface area contributed by atoms with Crippen molar-refractivity contribution >= 4 is 27.2 Å². The SMILES string of the molecule is CS(=O)(=O)c1cccc2c1CCCN2C1=NCc2nc(N3CCC4(CC3)Cc3c(F)cccc3[C@H]4N)cnc21. The standard InChI is InChI=1S/C29H31FN6O2S/c1-39(37,38)24-9-3-8-23-19(24)6-4-12-36(23)28-26-22(16-33-28)34-25(17-32-26)35-13-10-29(11-14-35)15-20-18(27(29)31)5-2-7-21(20)30/h2-3,5,7-9,17,27H,4,6,10-16,31H2,1H3/t27-/m1/s1. The highest BCUT2D eigenvalue weighted by atomic mass is 32.2. The molecule has 0 saturated carbocycles. The van der Waals surface area contributed by atoms with Gasteiger partial charge in [-0.3, -0.25) is 4.99 Å². The molecule has 1 aliphatic carbocycles. The van der Waals surface area contributed by atoms with Crippen LogP contribution in [-0.4, -0.2) is 50.1 Å². The van der Waals surface area contributed by atoms with E-state index < -0.39 is 9.84 Å². The molecule has 1 fully saturated rings. The predicted octanol–water partition coefficient (Wildman–Crippen LogP) is 3.57. The summed E-state index contributed by atoms with van der Waals surface area (Å²) in [5.41, 5.74) is 11.6. The van der Waals surface area contributed by atoms with E-state index in [1.54, 1.807) is 18.2 Å². The summed E-state index contributed by atoms with van der Waals surface area (Å²) in [6, 6.07) is 10.6. The van der Waals surface area contributed by atoms with E-state index >= 15 is 0 Å². The van der Waals surface area contributed by atoms with Gasteiger partial charge in [0.1, 0.15) is 17.3 Å². The van der Waals surface area contributed by atoms with Crippen LogP contribution in [0.1, 0.15) is 53.4 Å². The molecule has 3 aromatic rings. The third-order valence-corrected chi connectivity index (χ3v) is 10.2. The zero-order valence-electron chi connectivity index (χ0n) is 21.9. The van der Waals surface area contributed by atoms with Crippen molar-refractivity contribution in [1.82, 2.24) is 9.97 Å². The fraction of sp³-hybridized carbons (Fsp3) is 0.414. The van der Waals surface area contributed by atoms with E-state index in [-0.39, 0.29) is 17.3 Å². The number of hydrogen-bond donors (Lipinski definition) is 1. The first-order chi connectivity index (χ1) is 18.7. The number of hydrogen-bond acceptors (Lipinski definition) is 8. The zero-order valence-corrected chi connectivity index (χ0v) is 22.7. The van der Waals surface area contributed by atoms with Gasteiger partial charge in [0.05, 0.1) is 23.3 Å². The molecule has 0 unspecified atom stereocenters.